The van der Waals surface area contributed by atoms with E-state index in [-0.39, 0.29) is 30.9 Å². The van der Waals surface area contributed by atoms with Gasteiger partial charge in [-0.1, -0.05) is 0 Å². The van der Waals surface area contributed by atoms with Gasteiger partial charge >= 0.3 is 5.97 Å². The van der Waals surface area contributed by atoms with Crippen LogP contribution in [0, 0.1) is 0 Å². The Morgan fingerprint density at radius 1 is 1.19 bits per heavy atom. The van der Waals surface area contributed by atoms with Gasteiger partial charge in [0, 0.05) is 39.1 Å². The molecule has 0 spiro atoms. The minimum absolute atomic E-state index is 0.0583. The highest BCUT2D eigenvalue weighted by Crippen LogP contribution is 2.13. The number of piperidine rings is 1. The highest BCUT2D eigenvalue weighted by molar-refractivity contribution is 5.78. The molecule has 0 aliphatic carbocycles. The zero-order valence-electron chi connectivity index (χ0n) is 12.5. The number of carbonyl (C=O) groups excluding carboxylic acids is 2. The van der Waals surface area contributed by atoms with Crippen molar-refractivity contribution in [3.63, 3.8) is 0 Å². The number of nitrogens with zero attached hydrogens (tertiary/aromatic N) is 1. The molecule has 0 saturated carbocycles. The summed E-state index contributed by atoms with van der Waals surface area (Å²) in [6.07, 6.45) is 3.14. The summed E-state index contributed by atoms with van der Waals surface area (Å²) in [5.41, 5.74) is 0. The molecule has 1 rings (SSSR count). The molecule has 21 heavy (non-hydrogen) atoms. The van der Waals surface area contributed by atoms with Gasteiger partial charge in [0.15, 0.2) is 0 Å². The van der Waals surface area contributed by atoms with Gasteiger partial charge in [-0.2, -0.15) is 0 Å². The summed E-state index contributed by atoms with van der Waals surface area (Å²) in [7, 11) is 1.48. The fraction of sp³-hybridized carbons (Fsp3) is 0.786. The lowest BCUT2D eigenvalue weighted by atomic mass is 10.0. The Morgan fingerprint density at radius 3 is 2.38 bits per heavy atom. The molecule has 0 aromatic carbocycles. The summed E-state index contributed by atoms with van der Waals surface area (Å²) < 4.78 is 4.76. The van der Waals surface area contributed by atoms with Crippen LogP contribution in [0.4, 0.5) is 0 Å². The van der Waals surface area contributed by atoms with Crippen molar-refractivity contribution in [2.45, 2.75) is 44.6 Å². The van der Waals surface area contributed by atoms with E-state index in [1.807, 2.05) is 0 Å². The molecule has 0 atom stereocenters. The molecule has 1 fully saturated rings. The second-order valence-electron chi connectivity index (χ2n) is 5.26. The molecule has 1 saturated heterocycles. The molecule has 1 aliphatic heterocycles. The number of nitrogens with one attached hydrogen (secondary N) is 1. The number of unbranched alkanes of at least 4 members (excludes halogenated alkanes) is 1. The van der Waals surface area contributed by atoms with Gasteiger partial charge in [-0.15, -0.1) is 0 Å². The smallest absolute Gasteiger partial charge is 0.303 e. The number of carboxylic acid groups (broad SMARTS) is 1. The van der Waals surface area contributed by atoms with E-state index in [1.54, 1.807) is 4.90 Å². The van der Waals surface area contributed by atoms with Crippen molar-refractivity contribution in [2.24, 2.45) is 0 Å². The molecule has 0 aromatic heterocycles. The standard InChI is InChI=1S/C14H24N2O5/c1-21-10-12(17)15-11-6-8-16(9-7-11)13(18)4-2-3-5-14(19)20/h11H,2-10H2,1H3,(H,15,17)(H,19,20). The maximum atomic E-state index is 11.9. The van der Waals surface area contributed by atoms with Crippen LogP contribution in [0.25, 0.3) is 0 Å². The lowest BCUT2D eigenvalue weighted by Crippen LogP contribution is -2.47. The number of ether oxygens (including phenoxy) is 1. The largest absolute Gasteiger partial charge is 0.481 e. The first-order valence-corrected chi connectivity index (χ1v) is 7.30. The van der Waals surface area contributed by atoms with Gasteiger partial charge in [-0.3, -0.25) is 14.4 Å². The minimum Gasteiger partial charge on any atom is -0.481 e. The van der Waals surface area contributed by atoms with E-state index in [1.165, 1.54) is 7.11 Å². The molecule has 2 amide bonds. The third-order valence-electron chi connectivity index (χ3n) is 3.52. The lowest BCUT2D eigenvalue weighted by molar-refractivity contribution is -0.138. The van der Waals surface area contributed by atoms with Crippen molar-refractivity contribution < 1.29 is 24.2 Å². The Labute approximate surface area is 124 Å². The van der Waals surface area contributed by atoms with Gasteiger partial charge in [0.1, 0.15) is 6.61 Å². The third kappa shape index (κ3) is 7.08. The van der Waals surface area contributed by atoms with Crippen molar-refractivity contribution in [3.05, 3.63) is 0 Å². The Bertz CT molecular complexity index is 364. The molecular weight excluding hydrogens is 276 g/mol. The van der Waals surface area contributed by atoms with Crippen LogP contribution in [0.3, 0.4) is 0 Å². The van der Waals surface area contributed by atoms with Gasteiger partial charge < -0.3 is 20.1 Å². The van der Waals surface area contributed by atoms with Gasteiger partial charge in [0.05, 0.1) is 0 Å². The van der Waals surface area contributed by atoms with Crippen molar-refractivity contribution in [1.29, 1.82) is 0 Å². The summed E-state index contributed by atoms with van der Waals surface area (Å²) in [5.74, 6) is -0.881. The molecule has 0 aromatic rings. The lowest BCUT2D eigenvalue weighted by Gasteiger charge is -2.32. The van der Waals surface area contributed by atoms with Crippen molar-refractivity contribution in [2.75, 3.05) is 26.8 Å². The number of rotatable bonds is 8. The van der Waals surface area contributed by atoms with E-state index >= 15 is 0 Å². The van der Waals surface area contributed by atoms with Crippen molar-refractivity contribution in [3.8, 4) is 0 Å². The van der Waals surface area contributed by atoms with E-state index in [4.69, 9.17) is 9.84 Å². The van der Waals surface area contributed by atoms with Crippen LogP contribution in [-0.4, -0.2) is 60.6 Å². The zero-order valence-corrected chi connectivity index (χ0v) is 12.5. The van der Waals surface area contributed by atoms with Gasteiger partial charge in [0.25, 0.3) is 0 Å². The fourth-order valence-corrected chi connectivity index (χ4v) is 2.38. The number of hydrogen-bond donors (Lipinski definition) is 2. The van der Waals surface area contributed by atoms with E-state index in [9.17, 15) is 14.4 Å². The summed E-state index contributed by atoms with van der Waals surface area (Å²) >= 11 is 0. The first kappa shape index (κ1) is 17.4. The number of carbonyl (C=O) groups is 3. The van der Waals surface area contributed by atoms with Gasteiger partial charge in [-0.05, 0) is 25.7 Å². The van der Waals surface area contributed by atoms with Gasteiger partial charge in [-0.25, -0.2) is 0 Å². The van der Waals surface area contributed by atoms with E-state index in [2.05, 4.69) is 5.32 Å². The maximum Gasteiger partial charge on any atom is 0.303 e. The SMILES string of the molecule is COCC(=O)NC1CCN(C(=O)CCCCC(=O)O)CC1. The van der Waals surface area contributed by atoms with Crippen LogP contribution in [0.5, 0.6) is 0 Å². The second-order valence-corrected chi connectivity index (χ2v) is 5.26. The minimum atomic E-state index is -0.824. The molecule has 2 N–H and O–H groups in total. The second kappa shape index (κ2) is 9.33. The number of carboxylic acids is 1. The molecule has 7 nitrogen and oxygen atoms in total. The molecule has 1 aliphatic rings. The predicted octanol–water partition coefficient (Wildman–Crippen LogP) is 0.385. The highest BCUT2D eigenvalue weighted by atomic mass is 16.5. The predicted molar refractivity (Wildman–Crippen MR) is 75.7 cm³/mol. The molecule has 120 valence electrons. The Kier molecular flexibility index (Phi) is 7.74. The summed E-state index contributed by atoms with van der Waals surface area (Å²) in [6.45, 7) is 1.33. The molecule has 0 radical (unpaired) electrons. The molecule has 0 bridgehead atoms. The van der Waals surface area contributed by atoms with Crippen LogP contribution in [0.15, 0.2) is 0 Å². The van der Waals surface area contributed by atoms with E-state index < -0.39 is 5.97 Å². The average Bonchev–Trinajstić information content (AvgIpc) is 2.44. The molecule has 1 heterocycles. The van der Waals surface area contributed by atoms with Crippen LogP contribution in [0.2, 0.25) is 0 Å². The van der Waals surface area contributed by atoms with Crippen LogP contribution in [-0.2, 0) is 19.1 Å². The monoisotopic (exact) mass is 300 g/mol. The maximum absolute atomic E-state index is 11.9. The number of aliphatic carboxylic acids is 1. The Morgan fingerprint density at radius 2 is 1.81 bits per heavy atom. The first-order valence-electron chi connectivity index (χ1n) is 7.30. The van der Waals surface area contributed by atoms with Crippen LogP contribution < -0.4 is 5.32 Å². The first-order chi connectivity index (χ1) is 10.0. The Hall–Kier alpha value is -1.63. The highest BCUT2D eigenvalue weighted by Gasteiger charge is 2.23. The van der Waals surface area contributed by atoms with Crippen molar-refractivity contribution >= 4 is 17.8 Å². The fourth-order valence-electron chi connectivity index (χ4n) is 2.38. The van der Waals surface area contributed by atoms with Crippen LogP contribution >= 0.6 is 0 Å². The summed E-state index contributed by atoms with van der Waals surface area (Å²) in [5, 5.41) is 11.4. The molecule has 0 unspecified atom stereocenters. The molecule has 7 heteroatoms. The van der Waals surface area contributed by atoms with Crippen molar-refractivity contribution in [1.82, 2.24) is 10.2 Å². The average molecular weight is 300 g/mol. The number of methoxy groups -OCH3 is 1. The van der Waals surface area contributed by atoms with E-state index in [0.717, 1.165) is 12.8 Å². The van der Waals surface area contributed by atoms with Gasteiger partial charge in [0.2, 0.25) is 11.8 Å². The van der Waals surface area contributed by atoms with Crippen LogP contribution in [0.1, 0.15) is 38.5 Å². The normalized spacial score (nSPS) is 15.8. The number of amides is 2. The van der Waals surface area contributed by atoms with E-state index in [0.29, 0.717) is 32.4 Å². The Balaban J connectivity index is 2.18. The number of likely N-dealkylation sites (tertiary alicyclic amines) is 1. The summed E-state index contributed by atoms with van der Waals surface area (Å²) in [4.78, 5) is 35.5. The molecular formula is C14H24N2O5. The third-order valence-corrected chi connectivity index (χ3v) is 3.52. The zero-order chi connectivity index (χ0) is 15.7. The quantitative estimate of drug-likeness (QED) is 0.632. The summed E-state index contributed by atoms with van der Waals surface area (Å²) in [6, 6.07) is 0.101. The topological polar surface area (TPSA) is 95.9 Å². The number of hydrogen-bond acceptors (Lipinski definition) is 4.